The van der Waals surface area contributed by atoms with E-state index in [1.165, 1.54) is 4.90 Å². The van der Waals surface area contributed by atoms with Crippen molar-refractivity contribution in [2.45, 2.75) is 91.0 Å². The van der Waals surface area contributed by atoms with Crippen LogP contribution in [0, 0.1) is 0 Å². The van der Waals surface area contributed by atoms with Crippen molar-refractivity contribution < 1.29 is 23.9 Å². The van der Waals surface area contributed by atoms with Crippen molar-refractivity contribution in [3.05, 3.63) is 77.9 Å². The number of hydrogen-bond acceptors (Lipinski definition) is 5. The highest BCUT2D eigenvalue weighted by molar-refractivity contribution is 6.00. The average molecular weight is 589 g/mol. The van der Waals surface area contributed by atoms with E-state index in [9.17, 15) is 19.2 Å². The SMILES string of the molecule is CCc1ccc(C(C(=O)Nc2ccc3ccccc3c2)N(C(=O)C(CCC(N)=O)NC(=O)OC(C)(C)C)C(C)(C)C)cc1. The summed E-state index contributed by atoms with van der Waals surface area (Å²) in [6.45, 7) is 12.6. The Morgan fingerprint density at radius 3 is 2.07 bits per heavy atom. The average Bonchev–Trinajstić information content (AvgIpc) is 2.91. The van der Waals surface area contributed by atoms with Crippen molar-refractivity contribution in [1.82, 2.24) is 10.2 Å². The van der Waals surface area contributed by atoms with Crippen molar-refractivity contribution in [3.63, 3.8) is 0 Å². The van der Waals surface area contributed by atoms with Crippen LogP contribution in [-0.2, 0) is 25.5 Å². The molecule has 0 heterocycles. The molecule has 2 unspecified atom stereocenters. The van der Waals surface area contributed by atoms with Crippen LogP contribution in [-0.4, -0.2) is 45.9 Å². The van der Waals surface area contributed by atoms with Gasteiger partial charge in [-0.25, -0.2) is 4.79 Å². The van der Waals surface area contributed by atoms with E-state index < -0.39 is 47.0 Å². The Balaban J connectivity index is 2.08. The molecule has 0 aliphatic heterocycles. The van der Waals surface area contributed by atoms with Gasteiger partial charge in [-0.2, -0.15) is 0 Å². The molecule has 0 bridgehead atoms. The molecule has 0 aromatic heterocycles. The Hall–Kier alpha value is -4.40. The largest absolute Gasteiger partial charge is 0.444 e. The molecule has 4 amide bonds. The number of benzene rings is 3. The van der Waals surface area contributed by atoms with Crippen molar-refractivity contribution in [2.75, 3.05) is 5.32 Å². The lowest BCUT2D eigenvalue weighted by atomic mass is 9.94. The molecule has 9 heteroatoms. The minimum atomic E-state index is -1.17. The second kappa shape index (κ2) is 13.7. The Morgan fingerprint density at radius 2 is 1.51 bits per heavy atom. The molecule has 0 saturated heterocycles. The summed E-state index contributed by atoms with van der Waals surface area (Å²) in [4.78, 5) is 54.6. The van der Waals surface area contributed by atoms with Crippen LogP contribution in [0.5, 0.6) is 0 Å². The zero-order chi connectivity index (χ0) is 31.9. The smallest absolute Gasteiger partial charge is 0.408 e. The Bertz CT molecular complexity index is 1450. The molecule has 3 aromatic carbocycles. The van der Waals surface area contributed by atoms with Crippen molar-refractivity contribution >= 4 is 40.3 Å². The van der Waals surface area contributed by atoms with Gasteiger partial charge in [0.25, 0.3) is 5.91 Å². The van der Waals surface area contributed by atoms with Gasteiger partial charge in [-0.15, -0.1) is 0 Å². The second-order valence-corrected chi connectivity index (χ2v) is 12.6. The molecule has 0 spiro atoms. The highest BCUT2D eigenvalue weighted by Gasteiger charge is 2.42. The molecule has 43 heavy (non-hydrogen) atoms. The van der Waals surface area contributed by atoms with Gasteiger partial charge in [0.15, 0.2) is 0 Å². The number of primary amides is 1. The van der Waals surface area contributed by atoms with Crippen LogP contribution in [0.4, 0.5) is 10.5 Å². The molecule has 2 atom stereocenters. The number of ether oxygens (including phenoxy) is 1. The predicted octanol–water partition coefficient (Wildman–Crippen LogP) is 5.87. The van der Waals surface area contributed by atoms with Gasteiger partial charge in [0.2, 0.25) is 11.8 Å². The lowest BCUT2D eigenvalue weighted by Crippen LogP contribution is -2.58. The summed E-state index contributed by atoms with van der Waals surface area (Å²) in [5.41, 5.74) is 5.98. The second-order valence-electron chi connectivity index (χ2n) is 12.6. The molecule has 0 fully saturated rings. The first-order valence-corrected chi connectivity index (χ1v) is 14.6. The van der Waals surface area contributed by atoms with Crippen molar-refractivity contribution in [3.8, 4) is 0 Å². The van der Waals surface area contributed by atoms with E-state index in [2.05, 4.69) is 10.6 Å². The van der Waals surface area contributed by atoms with E-state index in [4.69, 9.17) is 10.5 Å². The van der Waals surface area contributed by atoms with Gasteiger partial charge < -0.3 is 26.0 Å². The fraction of sp³-hybridized carbons (Fsp3) is 0.412. The zero-order valence-electron chi connectivity index (χ0n) is 26.2. The maximum absolute atomic E-state index is 14.4. The minimum absolute atomic E-state index is 0.0617. The fourth-order valence-corrected chi connectivity index (χ4v) is 4.84. The normalized spacial score (nSPS) is 13.1. The number of nitrogens with one attached hydrogen (secondary N) is 2. The first-order valence-electron chi connectivity index (χ1n) is 14.6. The summed E-state index contributed by atoms with van der Waals surface area (Å²) in [7, 11) is 0. The first kappa shape index (κ1) is 33.1. The quantitative estimate of drug-likeness (QED) is 0.273. The van der Waals surface area contributed by atoms with Crippen LogP contribution in [0.3, 0.4) is 0 Å². The maximum atomic E-state index is 14.4. The van der Waals surface area contributed by atoms with E-state index in [1.807, 2.05) is 94.4 Å². The number of hydrogen-bond donors (Lipinski definition) is 3. The third kappa shape index (κ3) is 9.30. The fourth-order valence-electron chi connectivity index (χ4n) is 4.84. The summed E-state index contributed by atoms with van der Waals surface area (Å²) in [5.74, 6) is -1.58. The van der Waals surface area contributed by atoms with Gasteiger partial charge in [-0.05, 0) is 88.4 Å². The number of anilines is 1. The van der Waals surface area contributed by atoms with Gasteiger partial charge in [0.1, 0.15) is 17.7 Å². The minimum Gasteiger partial charge on any atom is -0.444 e. The van der Waals surface area contributed by atoms with Gasteiger partial charge in [-0.3, -0.25) is 14.4 Å². The van der Waals surface area contributed by atoms with E-state index >= 15 is 0 Å². The summed E-state index contributed by atoms with van der Waals surface area (Å²) < 4.78 is 5.41. The van der Waals surface area contributed by atoms with Gasteiger partial charge in [0, 0.05) is 17.6 Å². The Labute approximate surface area is 254 Å². The molecule has 0 aliphatic carbocycles. The highest BCUT2D eigenvalue weighted by Crippen LogP contribution is 2.32. The van der Waals surface area contributed by atoms with Crippen LogP contribution >= 0.6 is 0 Å². The van der Waals surface area contributed by atoms with Crippen LogP contribution < -0.4 is 16.4 Å². The molecule has 4 N–H and O–H groups in total. The van der Waals surface area contributed by atoms with E-state index in [-0.39, 0.29) is 12.8 Å². The monoisotopic (exact) mass is 588 g/mol. The number of rotatable bonds is 10. The van der Waals surface area contributed by atoms with Gasteiger partial charge >= 0.3 is 6.09 Å². The van der Waals surface area contributed by atoms with Gasteiger partial charge in [-0.1, -0.05) is 61.5 Å². The number of nitrogens with two attached hydrogens (primary N) is 1. The van der Waals surface area contributed by atoms with Crippen LogP contribution in [0.2, 0.25) is 0 Å². The molecule has 0 radical (unpaired) electrons. The molecule has 9 nitrogen and oxygen atoms in total. The van der Waals surface area contributed by atoms with E-state index in [0.29, 0.717) is 11.3 Å². The van der Waals surface area contributed by atoms with E-state index in [1.54, 1.807) is 20.8 Å². The summed E-state index contributed by atoms with van der Waals surface area (Å²) in [6, 6.07) is 18.8. The van der Waals surface area contributed by atoms with Crippen molar-refractivity contribution in [1.29, 1.82) is 0 Å². The molecule has 0 aliphatic rings. The number of aryl methyl sites for hydroxylation is 1. The van der Waals surface area contributed by atoms with E-state index in [0.717, 1.165) is 22.8 Å². The molecule has 0 saturated carbocycles. The number of amides is 4. The summed E-state index contributed by atoms with van der Waals surface area (Å²) in [6.07, 6.45) is -0.212. The third-order valence-corrected chi connectivity index (χ3v) is 6.86. The standard InChI is InChI=1S/C34H44N4O5/c1-8-22-13-15-24(16-14-22)29(30(40)36-26-18-17-23-11-9-10-12-25(23)21-26)38(33(2,3)4)31(41)27(19-20-28(35)39)37-32(42)43-34(5,6)7/h9-18,21,27,29H,8,19-20H2,1-7H3,(H2,35,39)(H,36,40)(H,37,42). The lowest BCUT2D eigenvalue weighted by Gasteiger charge is -2.43. The van der Waals surface area contributed by atoms with Crippen LogP contribution in [0.15, 0.2) is 66.7 Å². The number of nitrogens with zero attached hydrogens (tertiary/aromatic N) is 1. The van der Waals surface area contributed by atoms with Crippen molar-refractivity contribution in [2.24, 2.45) is 5.73 Å². The summed E-state index contributed by atoms with van der Waals surface area (Å²) in [5, 5.41) is 7.62. The maximum Gasteiger partial charge on any atom is 0.408 e. The number of fused-ring (bicyclic) bond motifs is 1. The Morgan fingerprint density at radius 1 is 0.884 bits per heavy atom. The molecule has 3 rings (SSSR count). The molecule has 230 valence electrons. The highest BCUT2D eigenvalue weighted by atomic mass is 16.6. The van der Waals surface area contributed by atoms with Gasteiger partial charge in [0.05, 0.1) is 0 Å². The predicted molar refractivity (Wildman–Crippen MR) is 169 cm³/mol. The topological polar surface area (TPSA) is 131 Å². The Kier molecular flexibility index (Phi) is 10.6. The molecular weight excluding hydrogens is 544 g/mol. The number of carbonyl (C=O) groups excluding carboxylic acids is 4. The summed E-state index contributed by atoms with van der Waals surface area (Å²) >= 11 is 0. The zero-order valence-corrected chi connectivity index (χ0v) is 26.2. The van der Waals surface area contributed by atoms with Crippen LogP contribution in [0.25, 0.3) is 10.8 Å². The number of carbonyl (C=O) groups is 4. The molecular formula is C34H44N4O5. The lowest BCUT2D eigenvalue weighted by molar-refractivity contribution is -0.147. The molecule has 3 aromatic rings. The first-order chi connectivity index (χ1) is 20.1. The van der Waals surface area contributed by atoms with Crippen LogP contribution in [0.1, 0.15) is 78.5 Å². The number of alkyl carbamates (subject to hydrolysis) is 1. The third-order valence-electron chi connectivity index (χ3n) is 6.86.